The minimum absolute atomic E-state index is 0.189. The molecule has 0 saturated carbocycles. The number of rotatable bonds is 8. The molecule has 4 heterocycles. The summed E-state index contributed by atoms with van der Waals surface area (Å²) in [7, 11) is 0. The maximum atomic E-state index is 13.0. The number of hydrogen-bond donors (Lipinski definition) is 2. The molecule has 1 atom stereocenters. The molecule has 2 aliphatic heterocycles. The number of aromatic nitrogens is 3. The number of hydrogen-bond acceptors (Lipinski definition) is 6. The van der Waals surface area contributed by atoms with Crippen molar-refractivity contribution in [2.75, 3.05) is 36.4 Å². The number of aromatic amines is 1. The molecule has 2 saturated heterocycles. The first-order valence-corrected chi connectivity index (χ1v) is 13.0. The van der Waals surface area contributed by atoms with Gasteiger partial charge in [-0.1, -0.05) is 13.3 Å². The summed E-state index contributed by atoms with van der Waals surface area (Å²) >= 11 is 0. The highest BCUT2D eigenvalue weighted by atomic mass is 16.2. The smallest absolute Gasteiger partial charge is 0.271 e. The van der Waals surface area contributed by atoms with E-state index in [1.165, 1.54) is 38.8 Å². The molecule has 1 amide bonds. The van der Waals surface area contributed by atoms with Gasteiger partial charge in [-0.25, -0.2) is 4.98 Å². The zero-order chi connectivity index (χ0) is 24.9. The zero-order valence-electron chi connectivity index (χ0n) is 20.9. The number of likely N-dealkylation sites (tertiary alicyclic amines) is 1. The second kappa shape index (κ2) is 11.0. The normalized spacial score (nSPS) is 18.0. The second-order valence-electron chi connectivity index (χ2n) is 9.77. The van der Waals surface area contributed by atoms with E-state index in [2.05, 4.69) is 37.0 Å². The number of benzene rings is 1. The molecule has 188 valence electrons. The van der Waals surface area contributed by atoms with Crippen molar-refractivity contribution in [2.45, 2.75) is 51.5 Å². The summed E-state index contributed by atoms with van der Waals surface area (Å²) in [5, 5.41) is 2.77. The van der Waals surface area contributed by atoms with Crippen molar-refractivity contribution in [3.8, 4) is 11.3 Å². The Morgan fingerprint density at radius 2 is 1.92 bits per heavy atom. The first-order valence-electron chi connectivity index (χ1n) is 13.0. The molecule has 2 fully saturated rings. The Kier molecular flexibility index (Phi) is 7.41. The molecule has 2 aliphatic rings. The monoisotopic (exact) mass is 486 g/mol. The fraction of sp³-hybridized carbons (Fsp3) is 0.429. The van der Waals surface area contributed by atoms with Gasteiger partial charge in [-0.3, -0.25) is 14.6 Å². The van der Waals surface area contributed by atoms with Crippen molar-refractivity contribution in [2.24, 2.45) is 0 Å². The van der Waals surface area contributed by atoms with Gasteiger partial charge in [0.15, 0.2) is 0 Å². The molecule has 8 nitrogen and oxygen atoms in total. The lowest BCUT2D eigenvalue weighted by Crippen LogP contribution is -2.39. The molecule has 2 N–H and O–H groups in total. The molecule has 8 heteroatoms. The largest absolute Gasteiger partial charge is 0.367 e. The number of nitrogens with zero attached hydrogens (tertiary/aromatic N) is 4. The van der Waals surface area contributed by atoms with Gasteiger partial charge >= 0.3 is 0 Å². The molecule has 5 rings (SSSR count). The van der Waals surface area contributed by atoms with Crippen LogP contribution in [0.2, 0.25) is 0 Å². The molecule has 0 bridgehead atoms. The highest BCUT2D eigenvalue weighted by Gasteiger charge is 2.27. The van der Waals surface area contributed by atoms with Crippen LogP contribution in [0.5, 0.6) is 0 Å². The van der Waals surface area contributed by atoms with Crippen molar-refractivity contribution in [1.82, 2.24) is 19.9 Å². The molecule has 0 aliphatic carbocycles. The highest BCUT2D eigenvalue weighted by Crippen LogP contribution is 2.27. The van der Waals surface area contributed by atoms with Gasteiger partial charge in [0, 0.05) is 48.3 Å². The second-order valence-corrected chi connectivity index (χ2v) is 9.77. The molecule has 0 radical (unpaired) electrons. The fourth-order valence-corrected chi connectivity index (χ4v) is 5.27. The summed E-state index contributed by atoms with van der Waals surface area (Å²) < 4.78 is 0. The molecule has 2 aromatic heterocycles. The van der Waals surface area contributed by atoms with Crippen molar-refractivity contribution in [1.29, 1.82) is 0 Å². The molecular formula is C28H34N6O2. The summed E-state index contributed by atoms with van der Waals surface area (Å²) in [6.07, 6.45) is 11.8. The molecule has 0 spiro atoms. The van der Waals surface area contributed by atoms with Gasteiger partial charge in [-0.15, -0.1) is 0 Å². The number of pyridine rings is 1. The van der Waals surface area contributed by atoms with E-state index >= 15 is 0 Å². The summed E-state index contributed by atoms with van der Waals surface area (Å²) in [6, 6.07) is 9.90. The Bertz CT molecular complexity index is 1250. The van der Waals surface area contributed by atoms with Crippen molar-refractivity contribution in [3.05, 3.63) is 70.5 Å². The predicted molar refractivity (Wildman–Crippen MR) is 143 cm³/mol. The average Bonchev–Trinajstić information content (AvgIpc) is 3.58. The molecule has 36 heavy (non-hydrogen) atoms. The van der Waals surface area contributed by atoms with Crippen LogP contribution in [0.1, 0.15) is 55.1 Å². The number of carbonyl (C=O) groups is 1. The number of H-pyrrole nitrogens is 1. The Balaban J connectivity index is 1.28. The van der Waals surface area contributed by atoms with E-state index in [-0.39, 0.29) is 17.2 Å². The summed E-state index contributed by atoms with van der Waals surface area (Å²) in [5.74, 6) is -0.315. The van der Waals surface area contributed by atoms with E-state index in [9.17, 15) is 9.59 Å². The van der Waals surface area contributed by atoms with Gasteiger partial charge in [-0.2, -0.15) is 0 Å². The number of amides is 1. The van der Waals surface area contributed by atoms with E-state index in [4.69, 9.17) is 0 Å². The van der Waals surface area contributed by atoms with Gasteiger partial charge in [0.05, 0.1) is 17.6 Å². The lowest BCUT2D eigenvalue weighted by Gasteiger charge is -2.30. The van der Waals surface area contributed by atoms with E-state index in [1.54, 1.807) is 24.7 Å². The quantitative estimate of drug-likeness (QED) is 0.498. The summed E-state index contributed by atoms with van der Waals surface area (Å²) in [4.78, 5) is 42.0. The Hall–Kier alpha value is -3.52. The third-order valence-corrected chi connectivity index (χ3v) is 7.14. The van der Waals surface area contributed by atoms with Crippen LogP contribution in [0.25, 0.3) is 11.3 Å². The van der Waals surface area contributed by atoms with Crippen LogP contribution in [0.3, 0.4) is 0 Å². The van der Waals surface area contributed by atoms with Crippen LogP contribution in [0.15, 0.2) is 53.7 Å². The third-order valence-electron chi connectivity index (χ3n) is 7.14. The Labute approximate surface area is 211 Å². The minimum Gasteiger partial charge on any atom is -0.367 e. The van der Waals surface area contributed by atoms with Crippen LogP contribution in [0, 0.1) is 0 Å². The zero-order valence-corrected chi connectivity index (χ0v) is 20.9. The highest BCUT2D eigenvalue weighted by molar-refractivity contribution is 6.04. The van der Waals surface area contributed by atoms with Gasteiger partial charge in [-0.05, 0) is 75.5 Å². The van der Waals surface area contributed by atoms with Crippen LogP contribution in [-0.2, 0) is 6.42 Å². The maximum absolute atomic E-state index is 13.0. The van der Waals surface area contributed by atoms with E-state index in [0.717, 1.165) is 37.3 Å². The number of anilines is 2. The van der Waals surface area contributed by atoms with Crippen molar-refractivity contribution in [3.63, 3.8) is 0 Å². The lowest BCUT2D eigenvalue weighted by atomic mass is 10.1. The van der Waals surface area contributed by atoms with Gasteiger partial charge < -0.3 is 20.1 Å². The first kappa shape index (κ1) is 24.2. The molecule has 3 aromatic rings. The van der Waals surface area contributed by atoms with Gasteiger partial charge in [0.25, 0.3) is 11.5 Å². The van der Waals surface area contributed by atoms with E-state index in [0.29, 0.717) is 22.9 Å². The number of aryl methyl sites for hydroxylation is 1. The van der Waals surface area contributed by atoms with Crippen molar-refractivity contribution >= 4 is 17.3 Å². The average molecular weight is 487 g/mol. The SMILES string of the molecule is CCCc1cncc(-c2c[nH]c(=O)c(NC(=O)c3ccc(N4CCC[C@H]4CN4CCCC4)cc3)c2)n1. The number of nitrogens with one attached hydrogen (secondary N) is 2. The Morgan fingerprint density at radius 1 is 1.11 bits per heavy atom. The topological polar surface area (TPSA) is 94.2 Å². The lowest BCUT2D eigenvalue weighted by molar-refractivity contribution is 0.102. The molecular weight excluding hydrogens is 452 g/mol. The van der Waals surface area contributed by atoms with E-state index < -0.39 is 0 Å². The fourth-order valence-electron chi connectivity index (χ4n) is 5.27. The third kappa shape index (κ3) is 5.49. The standard InChI is InChI=1S/C28H34N6O2/c1-2-6-22-17-29-18-26(31-22)21-15-25(28(36)30-16-21)32-27(35)20-8-10-23(11-9-20)34-14-5-7-24(34)19-33-12-3-4-13-33/h8-11,15-18,24H,2-7,12-14,19H2,1H3,(H,30,36)(H,32,35)/t24-/m0/s1. The maximum Gasteiger partial charge on any atom is 0.271 e. The Morgan fingerprint density at radius 3 is 2.69 bits per heavy atom. The molecule has 1 aromatic carbocycles. The summed E-state index contributed by atoms with van der Waals surface area (Å²) in [6.45, 7) is 6.68. The van der Waals surface area contributed by atoms with Crippen LogP contribution in [0.4, 0.5) is 11.4 Å². The first-order chi connectivity index (χ1) is 17.6. The minimum atomic E-state index is -0.358. The van der Waals surface area contributed by atoms with Gasteiger partial charge in [0.1, 0.15) is 5.69 Å². The number of carbonyl (C=O) groups excluding carboxylic acids is 1. The predicted octanol–water partition coefficient (Wildman–Crippen LogP) is 4.10. The summed E-state index contributed by atoms with van der Waals surface area (Å²) in [5.41, 5.74) is 3.75. The van der Waals surface area contributed by atoms with Crippen LogP contribution in [-0.4, -0.2) is 58.0 Å². The van der Waals surface area contributed by atoms with Gasteiger partial charge in [0.2, 0.25) is 0 Å². The van der Waals surface area contributed by atoms with Crippen molar-refractivity contribution < 1.29 is 4.79 Å². The van der Waals surface area contributed by atoms with E-state index in [1.807, 2.05) is 24.3 Å². The van der Waals surface area contributed by atoms with Crippen LogP contribution < -0.4 is 15.8 Å². The molecule has 0 unspecified atom stereocenters. The van der Waals surface area contributed by atoms with Crippen LogP contribution >= 0.6 is 0 Å².